The monoisotopic (exact) mass is 397 g/mol. The van der Waals surface area contributed by atoms with Crippen molar-refractivity contribution in [3.63, 3.8) is 0 Å². The van der Waals surface area contributed by atoms with Crippen LogP contribution in [0, 0.1) is 0 Å². The van der Waals surface area contributed by atoms with Gasteiger partial charge in [0.15, 0.2) is 0 Å². The summed E-state index contributed by atoms with van der Waals surface area (Å²) >= 11 is 0. The maximum Gasteiger partial charge on any atom is 0.416 e. The lowest BCUT2D eigenvalue weighted by atomic mass is 10.1. The standard InChI is InChI=1S/C20H14F3N5O/c21-20(22,23)13-1-3-14(4-2-13)26-19(29)28-17-11-25-18-15(17)5-6-16(27-18)12-7-9-24-10-8-12/h1-11H,(H,25,27)(H2,26,28,29). The van der Waals surface area contributed by atoms with E-state index < -0.39 is 17.8 Å². The first-order valence-electron chi connectivity index (χ1n) is 8.54. The molecule has 0 radical (unpaired) electrons. The average Bonchev–Trinajstić information content (AvgIpc) is 3.10. The number of rotatable bonds is 3. The molecule has 4 rings (SSSR count). The minimum absolute atomic E-state index is 0.244. The number of carbonyl (C=O) groups excluding carboxylic acids is 1. The Balaban J connectivity index is 1.48. The summed E-state index contributed by atoms with van der Waals surface area (Å²) in [7, 11) is 0. The molecule has 0 fully saturated rings. The van der Waals surface area contributed by atoms with Crippen LogP contribution < -0.4 is 10.6 Å². The molecule has 2 amide bonds. The molecule has 0 saturated carbocycles. The fourth-order valence-electron chi connectivity index (χ4n) is 2.82. The van der Waals surface area contributed by atoms with Crippen molar-refractivity contribution in [1.82, 2.24) is 15.0 Å². The molecule has 0 aliphatic carbocycles. The zero-order chi connectivity index (χ0) is 20.4. The lowest BCUT2D eigenvalue weighted by molar-refractivity contribution is -0.137. The number of H-pyrrole nitrogens is 1. The Morgan fingerprint density at radius 2 is 1.66 bits per heavy atom. The van der Waals surface area contributed by atoms with Crippen molar-refractivity contribution >= 4 is 28.4 Å². The van der Waals surface area contributed by atoms with Crippen molar-refractivity contribution in [2.24, 2.45) is 0 Å². The van der Waals surface area contributed by atoms with Gasteiger partial charge in [0.2, 0.25) is 0 Å². The van der Waals surface area contributed by atoms with Crippen molar-refractivity contribution in [2.45, 2.75) is 6.18 Å². The van der Waals surface area contributed by atoms with Crippen LogP contribution in [0.4, 0.5) is 29.3 Å². The first-order valence-corrected chi connectivity index (χ1v) is 8.54. The predicted molar refractivity (Wildman–Crippen MR) is 103 cm³/mol. The first kappa shape index (κ1) is 18.5. The third-order valence-electron chi connectivity index (χ3n) is 4.23. The van der Waals surface area contributed by atoms with Gasteiger partial charge in [-0.05, 0) is 48.5 Å². The van der Waals surface area contributed by atoms with Gasteiger partial charge in [-0.1, -0.05) is 0 Å². The number of pyridine rings is 2. The van der Waals surface area contributed by atoms with Crippen molar-refractivity contribution in [1.29, 1.82) is 0 Å². The van der Waals surface area contributed by atoms with Crippen LogP contribution in [-0.2, 0) is 6.18 Å². The number of benzene rings is 1. The minimum Gasteiger partial charge on any atom is -0.344 e. The topological polar surface area (TPSA) is 82.7 Å². The minimum atomic E-state index is -4.42. The molecule has 1 aromatic carbocycles. The van der Waals surface area contributed by atoms with Crippen LogP contribution in [0.25, 0.3) is 22.3 Å². The number of anilines is 2. The van der Waals surface area contributed by atoms with E-state index in [4.69, 9.17) is 0 Å². The van der Waals surface area contributed by atoms with Gasteiger partial charge in [0, 0.05) is 35.2 Å². The highest BCUT2D eigenvalue weighted by atomic mass is 19.4. The molecule has 6 nitrogen and oxygen atoms in total. The van der Waals surface area contributed by atoms with Gasteiger partial charge >= 0.3 is 12.2 Å². The maximum atomic E-state index is 12.6. The number of nitrogens with one attached hydrogen (secondary N) is 3. The molecule has 0 saturated heterocycles. The third-order valence-corrected chi connectivity index (χ3v) is 4.23. The summed E-state index contributed by atoms with van der Waals surface area (Å²) in [5, 5.41) is 5.87. The van der Waals surface area contributed by atoms with Crippen LogP contribution in [0.3, 0.4) is 0 Å². The third kappa shape index (κ3) is 4.03. The van der Waals surface area contributed by atoms with Crippen LogP contribution >= 0.6 is 0 Å². The summed E-state index contributed by atoms with van der Waals surface area (Å²) in [5.74, 6) is 0. The Morgan fingerprint density at radius 3 is 2.34 bits per heavy atom. The lowest BCUT2D eigenvalue weighted by Gasteiger charge is -2.09. The molecule has 9 heteroatoms. The molecule has 0 aliphatic rings. The molecular weight excluding hydrogens is 383 g/mol. The highest BCUT2D eigenvalue weighted by Gasteiger charge is 2.30. The zero-order valence-corrected chi connectivity index (χ0v) is 14.8. The van der Waals surface area contributed by atoms with E-state index in [-0.39, 0.29) is 5.69 Å². The van der Waals surface area contributed by atoms with Gasteiger partial charge in [0.1, 0.15) is 5.65 Å². The Labute approximate surface area is 162 Å². The summed E-state index contributed by atoms with van der Waals surface area (Å²) in [4.78, 5) is 23.7. The Hall–Kier alpha value is -3.88. The second-order valence-corrected chi connectivity index (χ2v) is 6.19. The molecule has 3 heterocycles. The van der Waals surface area contributed by atoms with Crippen molar-refractivity contribution in [2.75, 3.05) is 10.6 Å². The Kier molecular flexibility index (Phi) is 4.63. The number of urea groups is 1. The maximum absolute atomic E-state index is 12.6. The van der Waals surface area contributed by atoms with E-state index in [1.54, 1.807) is 18.6 Å². The number of nitrogens with zero attached hydrogens (tertiary/aromatic N) is 2. The van der Waals surface area contributed by atoms with E-state index in [0.29, 0.717) is 16.7 Å². The van der Waals surface area contributed by atoms with E-state index in [9.17, 15) is 18.0 Å². The summed E-state index contributed by atoms with van der Waals surface area (Å²) in [5.41, 5.74) is 2.21. The number of alkyl halides is 3. The van der Waals surface area contributed by atoms with E-state index in [0.717, 1.165) is 23.4 Å². The molecular formula is C20H14F3N5O. The highest BCUT2D eigenvalue weighted by Crippen LogP contribution is 2.30. The van der Waals surface area contributed by atoms with E-state index in [2.05, 4.69) is 25.6 Å². The quantitative estimate of drug-likeness (QED) is 0.439. The van der Waals surface area contributed by atoms with Crippen LogP contribution in [-0.4, -0.2) is 21.0 Å². The summed E-state index contributed by atoms with van der Waals surface area (Å²) in [6.45, 7) is 0. The number of hydrogen-bond acceptors (Lipinski definition) is 3. The Morgan fingerprint density at radius 1 is 0.931 bits per heavy atom. The zero-order valence-electron chi connectivity index (χ0n) is 14.8. The van der Waals surface area contributed by atoms with Gasteiger partial charge < -0.3 is 15.6 Å². The van der Waals surface area contributed by atoms with Crippen molar-refractivity contribution in [3.8, 4) is 11.3 Å². The fraction of sp³-hybridized carbons (Fsp3) is 0.0500. The lowest BCUT2D eigenvalue weighted by Crippen LogP contribution is -2.19. The SMILES string of the molecule is O=C(Nc1ccc(C(F)(F)F)cc1)Nc1c[nH]c2nc(-c3ccncc3)ccc12. The summed E-state index contributed by atoms with van der Waals surface area (Å²) in [6.07, 6.45) is 0.524. The van der Waals surface area contributed by atoms with Crippen LogP contribution in [0.5, 0.6) is 0 Å². The molecule has 4 aromatic rings. The number of hydrogen-bond donors (Lipinski definition) is 3. The summed E-state index contributed by atoms with van der Waals surface area (Å²) < 4.78 is 37.8. The van der Waals surface area contributed by atoms with Crippen molar-refractivity contribution in [3.05, 3.63) is 72.7 Å². The van der Waals surface area contributed by atoms with Crippen LogP contribution in [0.1, 0.15) is 5.56 Å². The fourth-order valence-corrected chi connectivity index (χ4v) is 2.82. The highest BCUT2D eigenvalue weighted by molar-refractivity contribution is 6.05. The number of halogens is 3. The second-order valence-electron chi connectivity index (χ2n) is 6.19. The number of amides is 2. The number of carbonyl (C=O) groups is 1. The smallest absolute Gasteiger partial charge is 0.344 e. The van der Waals surface area contributed by atoms with Crippen LogP contribution in [0.2, 0.25) is 0 Å². The van der Waals surface area contributed by atoms with E-state index in [1.165, 1.54) is 12.1 Å². The van der Waals surface area contributed by atoms with Crippen molar-refractivity contribution < 1.29 is 18.0 Å². The molecule has 146 valence electrons. The molecule has 0 spiro atoms. The molecule has 0 bridgehead atoms. The molecule has 0 aliphatic heterocycles. The molecule has 3 N–H and O–H groups in total. The predicted octanol–water partition coefficient (Wildman–Crippen LogP) is 5.29. The number of fused-ring (bicyclic) bond motifs is 1. The van der Waals surface area contributed by atoms with Crippen LogP contribution in [0.15, 0.2) is 67.1 Å². The first-order chi connectivity index (χ1) is 13.9. The Bertz CT molecular complexity index is 1150. The van der Waals surface area contributed by atoms with E-state index >= 15 is 0 Å². The molecule has 3 aromatic heterocycles. The van der Waals surface area contributed by atoms with Gasteiger partial charge in [-0.2, -0.15) is 13.2 Å². The molecule has 29 heavy (non-hydrogen) atoms. The molecule has 0 atom stereocenters. The molecule has 0 unspecified atom stereocenters. The van der Waals surface area contributed by atoms with Gasteiger partial charge in [0.05, 0.1) is 16.9 Å². The summed E-state index contributed by atoms with van der Waals surface area (Å²) in [6, 6.07) is 11.0. The number of aromatic nitrogens is 3. The normalized spacial score (nSPS) is 11.4. The second kappa shape index (κ2) is 7.27. The number of aromatic amines is 1. The van der Waals surface area contributed by atoms with E-state index in [1.807, 2.05) is 24.3 Å². The average molecular weight is 397 g/mol. The largest absolute Gasteiger partial charge is 0.416 e. The van der Waals surface area contributed by atoms with Gasteiger partial charge in [-0.25, -0.2) is 9.78 Å². The van der Waals surface area contributed by atoms with Gasteiger partial charge in [-0.3, -0.25) is 4.98 Å². The van der Waals surface area contributed by atoms with Gasteiger partial charge in [0.25, 0.3) is 0 Å². The van der Waals surface area contributed by atoms with Gasteiger partial charge in [-0.15, -0.1) is 0 Å².